The number of nitrogens with zero attached hydrogens (tertiary/aromatic N) is 1. The Bertz CT molecular complexity index is 913. The van der Waals surface area contributed by atoms with E-state index in [-0.39, 0.29) is 19.0 Å². The van der Waals surface area contributed by atoms with Gasteiger partial charge in [-0.15, -0.1) is 11.3 Å². The first-order valence-electron chi connectivity index (χ1n) is 8.10. The first kappa shape index (κ1) is 19.7. The zero-order chi connectivity index (χ0) is 20.0. The molecule has 3 rings (SSSR count). The molecular weight excluding hydrogens is 393 g/mol. The number of ether oxygens (including phenoxy) is 2. The second-order valence-electron chi connectivity index (χ2n) is 5.62. The second kappa shape index (κ2) is 8.75. The topological polar surface area (TPSA) is 60.5 Å². The highest BCUT2D eigenvalue weighted by Gasteiger charge is 2.30. The van der Waals surface area contributed by atoms with Crippen LogP contribution in [0, 0.1) is 0 Å². The number of amides is 1. The van der Waals surface area contributed by atoms with Gasteiger partial charge in [0, 0.05) is 5.38 Å². The van der Waals surface area contributed by atoms with Crippen LogP contribution in [0.5, 0.6) is 11.5 Å². The lowest BCUT2D eigenvalue weighted by atomic mass is 10.2. The van der Waals surface area contributed by atoms with Crippen LogP contribution in [0.2, 0.25) is 0 Å². The SMILES string of the molecule is O=C(COc1ccc(C(F)(F)F)cc1)Nc1ccccc1OCc1cscn1. The standard InChI is InChI=1S/C19H15F3N2O3S/c20-19(21,22)13-5-7-15(8-6-13)26-10-18(25)24-16-3-1-2-4-17(16)27-9-14-11-28-12-23-14/h1-8,11-12H,9-10H2,(H,24,25). The molecule has 0 atom stereocenters. The normalized spacial score (nSPS) is 11.1. The first-order chi connectivity index (χ1) is 13.4. The zero-order valence-corrected chi connectivity index (χ0v) is 15.2. The molecule has 0 saturated heterocycles. The summed E-state index contributed by atoms with van der Waals surface area (Å²) in [6.07, 6.45) is -4.42. The molecule has 0 spiro atoms. The van der Waals surface area contributed by atoms with Gasteiger partial charge in [0.1, 0.15) is 18.1 Å². The molecule has 2 aromatic carbocycles. The predicted molar refractivity (Wildman–Crippen MR) is 98.5 cm³/mol. The van der Waals surface area contributed by atoms with E-state index in [2.05, 4.69) is 10.3 Å². The quantitative estimate of drug-likeness (QED) is 0.613. The van der Waals surface area contributed by atoms with Crippen molar-refractivity contribution < 1.29 is 27.4 Å². The van der Waals surface area contributed by atoms with Gasteiger partial charge in [0.2, 0.25) is 0 Å². The summed E-state index contributed by atoms with van der Waals surface area (Å²) in [5, 5.41) is 4.52. The number of thiazole rings is 1. The van der Waals surface area contributed by atoms with Crippen molar-refractivity contribution in [3.05, 3.63) is 70.7 Å². The van der Waals surface area contributed by atoms with Crippen LogP contribution in [0.3, 0.4) is 0 Å². The van der Waals surface area contributed by atoms with Gasteiger partial charge in [-0.2, -0.15) is 13.2 Å². The number of alkyl halides is 3. The van der Waals surface area contributed by atoms with Crippen LogP contribution < -0.4 is 14.8 Å². The average Bonchev–Trinajstić information content (AvgIpc) is 3.19. The molecule has 0 saturated carbocycles. The van der Waals surface area contributed by atoms with E-state index in [9.17, 15) is 18.0 Å². The minimum atomic E-state index is -4.42. The van der Waals surface area contributed by atoms with Crippen LogP contribution in [0.1, 0.15) is 11.3 Å². The fraction of sp³-hybridized carbons (Fsp3) is 0.158. The summed E-state index contributed by atoms with van der Waals surface area (Å²) in [6.45, 7) is -0.0930. The molecule has 3 aromatic rings. The molecule has 28 heavy (non-hydrogen) atoms. The molecule has 1 aromatic heterocycles. The molecule has 0 aliphatic heterocycles. The highest BCUT2D eigenvalue weighted by Crippen LogP contribution is 2.30. The van der Waals surface area contributed by atoms with Crippen molar-refractivity contribution in [2.75, 3.05) is 11.9 Å². The van der Waals surface area contributed by atoms with Crippen LogP contribution >= 0.6 is 11.3 Å². The van der Waals surface area contributed by atoms with Crippen molar-refractivity contribution in [2.24, 2.45) is 0 Å². The van der Waals surface area contributed by atoms with Gasteiger partial charge >= 0.3 is 6.18 Å². The molecule has 0 unspecified atom stereocenters. The van der Waals surface area contributed by atoms with Gasteiger partial charge in [-0.3, -0.25) is 4.79 Å². The van der Waals surface area contributed by atoms with Gasteiger partial charge in [0.25, 0.3) is 5.91 Å². The van der Waals surface area contributed by atoms with Gasteiger partial charge in [0.15, 0.2) is 6.61 Å². The van der Waals surface area contributed by atoms with Crippen LogP contribution in [0.25, 0.3) is 0 Å². The summed E-state index contributed by atoms with van der Waals surface area (Å²) in [5.74, 6) is 0.166. The fourth-order valence-corrected chi connectivity index (χ4v) is 2.77. The molecular formula is C19H15F3N2O3S. The Balaban J connectivity index is 1.55. The minimum Gasteiger partial charge on any atom is -0.485 e. The number of hydrogen-bond donors (Lipinski definition) is 1. The third-order valence-electron chi connectivity index (χ3n) is 3.57. The Morgan fingerprint density at radius 3 is 2.50 bits per heavy atom. The fourth-order valence-electron chi connectivity index (χ4n) is 2.23. The molecule has 146 valence electrons. The summed E-state index contributed by atoms with van der Waals surface area (Å²) in [6, 6.07) is 11.0. The smallest absolute Gasteiger partial charge is 0.416 e. The predicted octanol–water partition coefficient (Wildman–Crippen LogP) is 4.76. The largest absolute Gasteiger partial charge is 0.485 e. The number of carbonyl (C=O) groups is 1. The number of carbonyl (C=O) groups excluding carboxylic acids is 1. The number of rotatable bonds is 7. The number of halogens is 3. The van der Waals surface area contributed by atoms with E-state index in [1.165, 1.54) is 23.5 Å². The summed E-state index contributed by atoms with van der Waals surface area (Å²) < 4.78 is 48.5. The van der Waals surface area contributed by atoms with E-state index >= 15 is 0 Å². The molecule has 1 N–H and O–H groups in total. The second-order valence-corrected chi connectivity index (χ2v) is 6.34. The Kier molecular flexibility index (Phi) is 6.15. The minimum absolute atomic E-state index is 0.163. The Labute approximate surface area is 162 Å². The van der Waals surface area contributed by atoms with E-state index in [1.807, 2.05) is 5.38 Å². The van der Waals surface area contributed by atoms with Crippen LogP contribution in [0.15, 0.2) is 59.4 Å². The third kappa shape index (κ3) is 5.46. The van der Waals surface area contributed by atoms with Gasteiger partial charge in [-0.05, 0) is 36.4 Å². The number of hydrogen-bond acceptors (Lipinski definition) is 5. The molecule has 1 heterocycles. The number of para-hydroxylation sites is 2. The molecule has 9 heteroatoms. The third-order valence-corrected chi connectivity index (χ3v) is 4.21. The lowest BCUT2D eigenvalue weighted by molar-refractivity contribution is -0.137. The van der Waals surface area contributed by atoms with Crippen molar-refractivity contribution in [2.45, 2.75) is 12.8 Å². The molecule has 0 radical (unpaired) electrons. The van der Waals surface area contributed by atoms with Crippen LogP contribution in [0.4, 0.5) is 18.9 Å². The highest BCUT2D eigenvalue weighted by molar-refractivity contribution is 7.07. The molecule has 0 bridgehead atoms. The molecule has 5 nitrogen and oxygen atoms in total. The van der Waals surface area contributed by atoms with Gasteiger partial charge in [-0.25, -0.2) is 4.98 Å². The maximum absolute atomic E-state index is 12.5. The zero-order valence-electron chi connectivity index (χ0n) is 14.4. The van der Waals surface area contributed by atoms with Gasteiger partial charge < -0.3 is 14.8 Å². The number of aromatic nitrogens is 1. The van der Waals surface area contributed by atoms with Crippen molar-refractivity contribution >= 4 is 22.9 Å². The molecule has 0 aliphatic rings. The van der Waals surface area contributed by atoms with Crippen molar-refractivity contribution in [1.82, 2.24) is 4.98 Å². The lowest BCUT2D eigenvalue weighted by Crippen LogP contribution is -2.20. The average molecular weight is 408 g/mol. The van der Waals surface area contributed by atoms with E-state index in [1.54, 1.807) is 29.8 Å². The van der Waals surface area contributed by atoms with E-state index in [0.717, 1.165) is 17.8 Å². The number of anilines is 1. The van der Waals surface area contributed by atoms with Crippen molar-refractivity contribution in [3.63, 3.8) is 0 Å². The van der Waals surface area contributed by atoms with Crippen molar-refractivity contribution in [1.29, 1.82) is 0 Å². The first-order valence-corrected chi connectivity index (χ1v) is 9.05. The van der Waals surface area contributed by atoms with E-state index < -0.39 is 17.6 Å². The Hall–Kier alpha value is -3.07. The van der Waals surface area contributed by atoms with Crippen molar-refractivity contribution in [3.8, 4) is 11.5 Å². The monoisotopic (exact) mass is 408 g/mol. The van der Waals surface area contributed by atoms with E-state index in [0.29, 0.717) is 11.4 Å². The molecule has 0 fully saturated rings. The van der Waals surface area contributed by atoms with Crippen LogP contribution in [-0.2, 0) is 17.6 Å². The Morgan fingerprint density at radius 1 is 1.07 bits per heavy atom. The maximum Gasteiger partial charge on any atom is 0.416 e. The van der Waals surface area contributed by atoms with E-state index in [4.69, 9.17) is 9.47 Å². The number of benzene rings is 2. The lowest BCUT2D eigenvalue weighted by Gasteiger charge is -2.12. The number of nitrogens with one attached hydrogen (secondary N) is 1. The van der Waals surface area contributed by atoms with Crippen LogP contribution in [-0.4, -0.2) is 17.5 Å². The summed E-state index contributed by atoms with van der Waals surface area (Å²) in [5.41, 5.74) is 2.15. The van der Waals surface area contributed by atoms with Gasteiger partial charge in [0.05, 0.1) is 22.5 Å². The molecule has 0 aliphatic carbocycles. The van der Waals surface area contributed by atoms with Gasteiger partial charge in [-0.1, -0.05) is 12.1 Å². The maximum atomic E-state index is 12.5. The summed E-state index contributed by atoms with van der Waals surface area (Å²) in [4.78, 5) is 16.2. The summed E-state index contributed by atoms with van der Waals surface area (Å²) >= 11 is 1.46. The highest BCUT2D eigenvalue weighted by atomic mass is 32.1. The Morgan fingerprint density at radius 2 is 1.82 bits per heavy atom. The molecule has 1 amide bonds. The summed E-state index contributed by atoms with van der Waals surface area (Å²) in [7, 11) is 0.